The number of hydrogen-bond donors (Lipinski definition) is 3. The molecule has 0 spiro atoms. The van der Waals surface area contributed by atoms with Gasteiger partial charge in [0, 0.05) is 0 Å². The van der Waals surface area contributed by atoms with Crippen LogP contribution in [-0.2, 0) is 9.53 Å². The van der Waals surface area contributed by atoms with E-state index in [1.807, 2.05) is 0 Å². The fourth-order valence-corrected chi connectivity index (χ4v) is 2.89. The first-order chi connectivity index (χ1) is 9.99. The summed E-state index contributed by atoms with van der Waals surface area (Å²) < 4.78 is 4.47. The maximum absolute atomic E-state index is 12.2. The lowest BCUT2D eigenvalue weighted by molar-refractivity contribution is -0.143. The van der Waals surface area contributed by atoms with E-state index in [0.717, 1.165) is 18.4 Å². The molecule has 2 heterocycles. The molecule has 0 aliphatic rings. The molecular formula is C12H13N3O5S. The number of amides is 1. The zero-order chi connectivity index (χ0) is 15.6. The highest BCUT2D eigenvalue weighted by molar-refractivity contribution is 7.20. The number of aryl methyl sites for hydroxylation is 1. The van der Waals surface area contributed by atoms with Gasteiger partial charge in [-0.2, -0.15) is 0 Å². The number of carbonyl (C=O) groups excluding carboxylic acids is 2. The molecule has 0 aliphatic heterocycles. The molecule has 1 unspecified atom stereocenters. The van der Waals surface area contributed by atoms with Gasteiger partial charge in [0.1, 0.15) is 4.83 Å². The Morgan fingerprint density at radius 3 is 2.86 bits per heavy atom. The number of aliphatic hydroxyl groups excluding tert-OH is 1. The second-order valence-corrected chi connectivity index (χ2v) is 5.20. The molecule has 2 aromatic heterocycles. The van der Waals surface area contributed by atoms with E-state index in [2.05, 4.69) is 20.0 Å². The van der Waals surface area contributed by atoms with Crippen molar-refractivity contribution in [2.45, 2.75) is 13.0 Å². The van der Waals surface area contributed by atoms with Crippen LogP contribution in [0, 0.1) is 6.92 Å². The van der Waals surface area contributed by atoms with Crippen LogP contribution in [0.25, 0.3) is 10.2 Å². The highest BCUT2D eigenvalue weighted by Gasteiger charge is 2.24. The molecule has 0 radical (unpaired) electrons. The van der Waals surface area contributed by atoms with Gasteiger partial charge in [-0.25, -0.2) is 9.78 Å². The number of aromatic nitrogens is 2. The molecule has 0 saturated carbocycles. The minimum Gasteiger partial charge on any atom is -0.467 e. The summed E-state index contributed by atoms with van der Waals surface area (Å²) in [7, 11) is 1.16. The Kier molecular flexibility index (Phi) is 4.34. The van der Waals surface area contributed by atoms with Gasteiger partial charge in [-0.15, -0.1) is 11.3 Å². The standard InChI is InChI=1S/C12H13N3O5S/c1-5-7-9(17)13-4-14-11(7)21-8(5)10(18)15-6(3-16)12(19)20-2/h4,6,16H,3H2,1-2H3,(H,15,18)(H,13,14,17). The van der Waals surface area contributed by atoms with Crippen molar-refractivity contribution >= 4 is 33.4 Å². The number of rotatable bonds is 4. The number of hydrogen-bond acceptors (Lipinski definition) is 7. The number of aliphatic hydroxyl groups is 1. The van der Waals surface area contributed by atoms with Crippen LogP contribution < -0.4 is 10.9 Å². The van der Waals surface area contributed by atoms with Crippen molar-refractivity contribution in [3.63, 3.8) is 0 Å². The summed E-state index contributed by atoms with van der Waals surface area (Å²) in [6.45, 7) is 1.04. The first-order valence-corrected chi connectivity index (χ1v) is 6.77. The van der Waals surface area contributed by atoms with Crippen molar-refractivity contribution in [3.8, 4) is 0 Å². The number of ether oxygens (including phenoxy) is 1. The van der Waals surface area contributed by atoms with Crippen LogP contribution in [0.1, 0.15) is 15.2 Å². The van der Waals surface area contributed by atoms with E-state index >= 15 is 0 Å². The molecule has 21 heavy (non-hydrogen) atoms. The molecule has 0 saturated heterocycles. The molecule has 8 nitrogen and oxygen atoms in total. The third-order valence-corrected chi connectivity index (χ3v) is 4.11. The van der Waals surface area contributed by atoms with E-state index in [0.29, 0.717) is 15.8 Å². The monoisotopic (exact) mass is 311 g/mol. The van der Waals surface area contributed by atoms with Gasteiger partial charge in [0.25, 0.3) is 11.5 Å². The highest BCUT2D eigenvalue weighted by Crippen LogP contribution is 2.26. The zero-order valence-electron chi connectivity index (χ0n) is 11.3. The molecule has 2 rings (SSSR count). The van der Waals surface area contributed by atoms with Gasteiger partial charge < -0.3 is 20.1 Å². The smallest absolute Gasteiger partial charge is 0.330 e. The van der Waals surface area contributed by atoms with Gasteiger partial charge in [0.05, 0.1) is 30.3 Å². The molecule has 0 fully saturated rings. The van der Waals surface area contributed by atoms with Crippen molar-refractivity contribution in [1.82, 2.24) is 15.3 Å². The molecule has 3 N–H and O–H groups in total. The van der Waals surface area contributed by atoms with Crippen molar-refractivity contribution in [1.29, 1.82) is 0 Å². The summed E-state index contributed by atoms with van der Waals surface area (Å²) in [6, 6.07) is -1.15. The van der Waals surface area contributed by atoms with E-state index in [1.54, 1.807) is 6.92 Å². The summed E-state index contributed by atoms with van der Waals surface area (Å²) in [6.07, 6.45) is 1.26. The van der Waals surface area contributed by atoms with Gasteiger partial charge in [-0.1, -0.05) is 0 Å². The molecule has 1 atom stereocenters. The van der Waals surface area contributed by atoms with Crippen LogP contribution in [0.2, 0.25) is 0 Å². The Bertz CT molecular complexity index is 751. The normalized spacial score (nSPS) is 12.1. The minimum absolute atomic E-state index is 0.261. The number of nitrogens with zero attached hydrogens (tertiary/aromatic N) is 1. The number of esters is 1. The van der Waals surface area contributed by atoms with E-state index in [-0.39, 0.29) is 10.4 Å². The summed E-state index contributed by atoms with van der Waals surface area (Å²) in [5, 5.41) is 11.8. The van der Waals surface area contributed by atoms with Crippen molar-refractivity contribution in [2.24, 2.45) is 0 Å². The summed E-state index contributed by atoms with van der Waals surface area (Å²) in [5.74, 6) is -1.32. The van der Waals surface area contributed by atoms with E-state index < -0.39 is 24.5 Å². The second kappa shape index (κ2) is 6.02. The van der Waals surface area contributed by atoms with Crippen LogP contribution in [0.3, 0.4) is 0 Å². The molecule has 0 aliphatic carbocycles. The first kappa shape index (κ1) is 15.1. The third-order valence-electron chi connectivity index (χ3n) is 2.91. The van der Waals surface area contributed by atoms with Crippen molar-refractivity contribution in [2.75, 3.05) is 13.7 Å². The summed E-state index contributed by atoms with van der Waals surface area (Å²) in [4.78, 5) is 42.4. The van der Waals surface area contributed by atoms with E-state index in [4.69, 9.17) is 5.11 Å². The third kappa shape index (κ3) is 2.78. The number of thiophene rings is 1. The Balaban J connectivity index is 2.36. The lowest BCUT2D eigenvalue weighted by Crippen LogP contribution is -2.44. The topological polar surface area (TPSA) is 121 Å². The van der Waals surface area contributed by atoms with Gasteiger partial charge in [-0.3, -0.25) is 9.59 Å². The fraction of sp³-hybridized carbons (Fsp3) is 0.333. The van der Waals surface area contributed by atoms with Crippen LogP contribution in [0.5, 0.6) is 0 Å². The molecule has 9 heteroatoms. The Labute approximate surface area is 122 Å². The average molecular weight is 311 g/mol. The SMILES string of the molecule is COC(=O)C(CO)NC(=O)c1sc2nc[nH]c(=O)c2c1C. The fourth-order valence-electron chi connectivity index (χ4n) is 1.84. The van der Waals surface area contributed by atoms with Crippen LogP contribution in [-0.4, -0.2) is 46.7 Å². The maximum Gasteiger partial charge on any atom is 0.330 e. The van der Waals surface area contributed by atoms with Gasteiger partial charge in [0.2, 0.25) is 0 Å². The quantitative estimate of drug-likeness (QED) is 0.658. The minimum atomic E-state index is -1.15. The second-order valence-electron chi connectivity index (χ2n) is 4.20. The van der Waals surface area contributed by atoms with Crippen molar-refractivity contribution < 1.29 is 19.4 Å². The molecule has 0 aromatic carbocycles. The van der Waals surface area contributed by atoms with Crippen LogP contribution in [0.4, 0.5) is 0 Å². The molecule has 0 bridgehead atoms. The first-order valence-electron chi connectivity index (χ1n) is 5.96. The van der Waals surface area contributed by atoms with Gasteiger partial charge in [0.15, 0.2) is 6.04 Å². The van der Waals surface area contributed by atoms with E-state index in [1.165, 1.54) is 6.33 Å². The van der Waals surface area contributed by atoms with Gasteiger partial charge >= 0.3 is 5.97 Å². The zero-order valence-corrected chi connectivity index (χ0v) is 12.1. The number of carbonyl (C=O) groups is 2. The van der Waals surface area contributed by atoms with Gasteiger partial charge in [-0.05, 0) is 12.5 Å². The Hall–Kier alpha value is -2.26. The number of nitrogens with one attached hydrogen (secondary N) is 2. The molecular weight excluding hydrogens is 298 g/mol. The predicted molar refractivity (Wildman–Crippen MR) is 75.3 cm³/mol. The maximum atomic E-state index is 12.2. The number of methoxy groups -OCH3 is 1. The Morgan fingerprint density at radius 2 is 2.29 bits per heavy atom. The average Bonchev–Trinajstić information content (AvgIpc) is 2.82. The lowest BCUT2D eigenvalue weighted by atomic mass is 10.2. The van der Waals surface area contributed by atoms with Crippen LogP contribution >= 0.6 is 11.3 Å². The van der Waals surface area contributed by atoms with Crippen molar-refractivity contribution in [3.05, 3.63) is 27.1 Å². The number of aromatic amines is 1. The summed E-state index contributed by atoms with van der Waals surface area (Å²) >= 11 is 1.04. The largest absolute Gasteiger partial charge is 0.467 e. The predicted octanol–water partition coefficient (Wildman–Crippen LogP) is -0.443. The molecule has 112 valence electrons. The number of H-pyrrole nitrogens is 1. The van der Waals surface area contributed by atoms with Crippen LogP contribution in [0.15, 0.2) is 11.1 Å². The Morgan fingerprint density at radius 1 is 1.57 bits per heavy atom. The molecule has 1 amide bonds. The highest BCUT2D eigenvalue weighted by atomic mass is 32.1. The van der Waals surface area contributed by atoms with E-state index in [9.17, 15) is 14.4 Å². The molecule has 2 aromatic rings. The number of fused-ring (bicyclic) bond motifs is 1. The lowest BCUT2D eigenvalue weighted by Gasteiger charge is -2.13. The summed E-state index contributed by atoms with van der Waals surface area (Å²) in [5.41, 5.74) is 0.142.